The second-order valence-electron chi connectivity index (χ2n) is 5.88. The van der Waals surface area contributed by atoms with Gasteiger partial charge < -0.3 is 9.64 Å². The van der Waals surface area contributed by atoms with Gasteiger partial charge in [0.15, 0.2) is 0 Å². The fourth-order valence-electron chi connectivity index (χ4n) is 3.40. The van der Waals surface area contributed by atoms with Crippen LogP contribution in [0.15, 0.2) is 36.9 Å². The first kappa shape index (κ1) is 14.1. The average molecular weight is 260 g/mol. The molecule has 2 heteroatoms. The van der Waals surface area contributed by atoms with Crippen molar-refractivity contribution in [3.63, 3.8) is 0 Å². The SMILES string of the molecule is C=CC[NH+]1CCC[C@](C)(c2cccc(OC)c2)[C@H]1C. The van der Waals surface area contributed by atoms with Gasteiger partial charge in [-0.1, -0.05) is 18.7 Å². The molecule has 1 N–H and O–H groups in total. The van der Waals surface area contributed by atoms with Crippen LogP contribution < -0.4 is 9.64 Å². The van der Waals surface area contributed by atoms with E-state index < -0.39 is 0 Å². The highest BCUT2D eigenvalue weighted by atomic mass is 16.5. The van der Waals surface area contributed by atoms with Crippen LogP contribution in [0.2, 0.25) is 0 Å². The number of nitrogens with one attached hydrogen (secondary N) is 1. The van der Waals surface area contributed by atoms with Crippen molar-refractivity contribution in [2.75, 3.05) is 20.2 Å². The lowest BCUT2D eigenvalue weighted by Crippen LogP contribution is -3.18. The Kier molecular flexibility index (Phi) is 4.31. The summed E-state index contributed by atoms with van der Waals surface area (Å²) in [6.07, 6.45) is 4.58. The second kappa shape index (κ2) is 5.79. The molecule has 0 aromatic heterocycles. The molecule has 0 bridgehead atoms. The lowest BCUT2D eigenvalue weighted by molar-refractivity contribution is -0.928. The van der Waals surface area contributed by atoms with E-state index in [2.05, 4.69) is 38.6 Å². The molecule has 1 aliphatic heterocycles. The quantitative estimate of drug-likeness (QED) is 0.820. The van der Waals surface area contributed by atoms with Gasteiger partial charge in [0, 0.05) is 5.41 Å². The Bertz CT molecular complexity index is 443. The van der Waals surface area contributed by atoms with Crippen LogP contribution in [-0.4, -0.2) is 26.2 Å². The number of hydrogen-bond acceptors (Lipinski definition) is 1. The van der Waals surface area contributed by atoms with Crippen LogP contribution in [0.3, 0.4) is 0 Å². The molecule has 0 saturated carbocycles. The van der Waals surface area contributed by atoms with E-state index in [-0.39, 0.29) is 5.41 Å². The number of methoxy groups -OCH3 is 1. The first-order valence-electron chi connectivity index (χ1n) is 7.22. The molecule has 1 aromatic carbocycles. The number of piperidine rings is 1. The molecule has 0 radical (unpaired) electrons. The van der Waals surface area contributed by atoms with Crippen LogP contribution in [0, 0.1) is 0 Å². The summed E-state index contributed by atoms with van der Waals surface area (Å²) < 4.78 is 5.38. The van der Waals surface area contributed by atoms with Gasteiger partial charge in [-0.15, -0.1) is 0 Å². The van der Waals surface area contributed by atoms with E-state index in [1.807, 2.05) is 12.1 Å². The summed E-state index contributed by atoms with van der Waals surface area (Å²) in [5.74, 6) is 0.960. The van der Waals surface area contributed by atoms with Gasteiger partial charge in [0.1, 0.15) is 5.75 Å². The maximum atomic E-state index is 5.38. The van der Waals surface area contributed by atoms with Gasteiger partial charge in [-0.05, 0) is 50.5 Å². The predicted molar refractivity (Wildman–Crippen MR) is 79.9 cm³/mol. The van der Waals surface area contributed by atoms with Crippen LogP contribution in [0.5, 0.6) is 5.75 Å². The summed E-state index contributed by atoms with van der Waals surface area (Å²) in [6, 6.07) is 9.18. The largest absolute Gasteiger partial charge is 0.497 e. The molecule has 1 aromatic rings. The van der Waals surface area contributed by atoms with Gasteiger partial charge in [0.2, 0.25) is 0 Å². The molecule has 104 valence electrons. The first-order chi connectivity index (χ1) is 9.11. The summed E-state index contributed by atoms with van der Waals surface area (Å²) in [5, 5.41) is 0. The number of quaternary nitrogens is 1. The Morgan fingerprint density at radius 3 is 3.00 bits per heavy atom. The number of hydrogen-bond donors (Lipinski definition) is 1. The van der Waals surface area contributed by atoms with Crippen molar-refractivity contribution in [3.05, 3.63) is 42.5 Å². The van der Waals surface area contributed by atoms with Crippen molar-refractivity contribution in [1.82, 2.24) is 0 Å². The topological polar surface area (TPSA) is 13.7 Å². The maximum Gasteiger partial charge on any atom is 0.119 e. The molecule has 2 rings (SSSR count). The summed E-state index contributed by atoms with van der Waals surface area (Å²) in [7, 11) is 1.74. The normalized spacial score (nSPS) is 30.9. The third kappa shape index (κ3) is 2.69. The molecule has 1 fully saturated rings. The van der Waals surface area contributed by atoms with Crippen molar-refractivity contribution in [2.24, 2.45) is 0 Å². The summed E-state index contributed by atoms with van der Waals surface area (Å²) in [5.41, 5.74) is 1.63. The predicted octanol–water partition coefficient (Wildman–Crippen LogP) is 2.21. The van der Waals surface area contributed by atoms with Gasteiger partial charge in [-0.3, -0.25) is 0 Å². The van der Waals surface area contributed by atoms with Gasteiger partial charge >= 0.3 is 0 Å². The van der Waals surface area contributed by atoms with E-state index in [1.165, 1.54) is 24.9 Å². The zero-order chi connectivity index (χ0) is 13.9. The smallest absolute Gasteiger partial charge is 0.119 e. The molecule has 0 amide bonds. The highest BCUT2D eigenvalue weighted by Crippen LogP contribution is 2.34. The zero-order valence-electron chi connectivity index (χ0n) is 12.4. The maximum absolute atomic E-state index is 5.38. The van der Waals surface area contributed by atoms with Crippen LogP contribution in [0.1, 0.15) is 32.3 Å². The number of benzene rings is 1. The van der Waals surface area contributed by atoms with E-state index in [0.29, 0.717) is 6.04 Å². The fourth-order valence-corrected chi connectivity index (χ4v) is 3.40. The van der Waals surface area contributed by atoms with Gasteiger partial charge in [0.05, 0.1) is 26.2 Å². The Labute approximate surface area is 117 Å². The molecule has 0 spiro atoms. The van der Waals surface area contributed by atoms with E-state index in [9.17, 15) is 0 Å². The van der Waals surface area contributed by atoms with Gasteiger partial charge in [-0.2, -0.15) is 0 Å². The van der Waals surface area contributed by atoms with Crippen molar-refractivity contribution < 1.29 is 9.64 Å². The third-order valence-corrected chi connectivity index (χ3v) is 4.90. The number of likely N-dealkylation sites (tertiary alicyclic amines) is 1. The molecule has 3 atom stereocenters. The minimum Gasteiger partial charge on any atom is -0.497 e. The van der Waals surface area contributed by atoms with E-state index in [1.54, 1.807) is 12.0 Å². The van der Waals surface area contributed by atoms with Crippen LogP contribution in [-0.2, 0) is 5.41 Å². The molecule has 1 unspecified atom stereocenters. The van der Waals surface area contributed by atoms with Crippen LogP contribution in [0.4, 0.5) is 0 Å². The summed E-state index contributed by atoms with van der Waals surface area (Å²) in [6.45, 7) is 11.0. The minimum atomic E-state index is 0.227. The minimum absolute atomic E-state index is 0.227. The molecule has 1 saturated heterocycles. The number of ether oxygens (including phenoxy) is 1. The Hall–Kier alpha value is -1.28. The van der Waals surface area contributed by atoms with E-state index in [0.717, 1.165) is 12.3 Å². The standard InChI is InChI=1S/C17H25NO/c1-5-11-18-12-7-10-17(3,14(18)2)15-8-6-9-16(13-15)19-4/h5-6,8-9,13-14H,1,7,10-12H2,2-4H3/p+1/t14-,17+/m1/s1. The third-order valence-electron chi connectivity index (χ3n) is 4.90. The van der Waals surface area contributed by atoms with Crippen molar-refractivity contribution in [3.8, 4) is 5.75 Å². The van der Waals surface area contributed by atoms with Gasteiger partial charge in [0.25, 0.3) is 0 Å². The molecule has 1 heterocycles. The highest BCUT2D eigenvalue weighted by Gasteiger charge is 2.42. The average Bonchev–Trinajstić information content (AvgIpc) is 2.44. The molecule has 1 aliphatic rings. The molecule has 2 nitrogen and oxygen atoms in total. The first-order valence-corrected chi connectivity index (χ1v) is 7.22. The van der Waals surface area contributed by atoms with Crippen molar-refractivity contribution in [1.29, 1.82) is 0 Å². The Morgan fingerprint density at radius 1 is 1.53 bits per heavy atom. The van der Waals surface area contributed by atoms with E-state index >= 15 is 0 Å². The second-order valence-corrected chi connectivity index (χ2v) is 5.88. The summed E-state index contributed by atoms with van der Waals surface area (Å²) >= 11 is 0. The van der Waals surface area contributed by atoms with Crippen molar-refractivity contribution >= 4 is 0 Å². The highest BCUT2D eigenvalue weighted by molar-refractivity contribution is 5.34. The monoisotopic (exact) mass is 260 g/mol. The molecule has 19 heavy (non-hydrogen) atoms. The Balaban J connectivity index is 2.31. The van der Waals surface area contributed by atoms with Crippen LogP contribution >= 0.6 is 0 Å². The summed E-state index contributed by atoms with van der Waals surface area (Å²) in [4.78, 5) is 1.64. The van der Waals surface area contributed by atoms with Gasteiger partial charge in [-0.25, -0.2) is 0 Å². The number of rotatable bonds is 4. The lowest BCUT2D eigenvalue weighted by Gasteiger charge is -2.44. The fraction of sp³-hybridized carbons (Fsp3) is 0.529. The molecule has 0 aliphatic carbocycles. The van der Waals surface area contributed by atoms with Crippen molar-refractivity contribution in [2.45, 2.75) is 38.1 Å². The molecular formula is C17H26NO+. The zero-order valence-corrected chi connectivity index (χ0v) is 12.4. The van der Waals surface area contributed by atoms with Crippen LogP contribution in [0.25, 0.3) is 0 Å². The molecular weight excluding hydrogens is 234 g/mol. The van der Waals surface area contributed by atoms with E-state index in [4.69, 9.17) is 4.74 Å². The Morgan fingerprint density at radius 2 is 2.32 bits per heavy atom. The lowest BCUT2D eigenvalue weighted by atomic mass is 9.70.